The van der Waals surface area contributed by atoms with Crippen LogP contribution in [-0.2, 0) is 5.41 Å². The fourth-order valence-electron chi connectivity index (χ4n) is 1.91. The fraction of sp³-hybridized carbons (Fsp3) is 0.308. The van der Waals surface area contributed by atoms with Crippen molar-refractivity contribution >= 4 is 16.7 Å². The van der Waals surface area contributed by atoms with Gasteiger partial charge in [-0.25, -0.2) is 24.0 Å². The second kappa shape index (κ2) is 4.38. The van der Waals surface area contributed by atoms with Crippen LogP contribution in [0.4, 0.5) is 19.0 Å². The van der Waals surface area contributed by atoms with Crippen molar-refractivity contribution in [2.45, 2.75) is 26.2 Å². The topological polar surface area (TPSA) is 50.9 Å². The molecule has 6 heteroatoms. The summed E-state index contributed by atoms with van der Waals surface area (Å²) in [5.74, 6) is 2.23. The highest BCUT2D eigenvalue weighted by Gasteiger charge is 2.23. The van der Waals surface area contributed by atoms with Gasteiger partial charge in [0.15, 0.2) is 11.6 Å². The van der Waals surface area contributed by atoms with Gasteiger partial charge in [0.1, 0.15) is 17.2 Å². The second-order valence-electron chi connectivity index (χ2n) is 5.33. The maximum absolute atomic E-state index is 13.7. The maximum atomic E-state index is 13.7. The second-order valence-corrected chi connectivity index (χ2v) is 5.33. The van der Waals surface area contributed by atoms with Crippen molar-refractivity contribution in [1.29, 1.82) is 0 Å². The van der Waals surface area contributed by atoms with E-state index in [1.165, 1.54) is 6.07 Å². The molecule has 0 aliphatic rings. The molecule has 3 nitrogen and oxygen atoms in total. The number of nitrogens with two attached hydrogens (primary N) is 1. The van der Waals surface area contributed by atoms with Crippen LogP contribution in [0.5, 0.6) is 0 Å². The summed E-state index contributed by atoms with van der Waals surface area (Å²) in [6.07, 6.45) is 0. The number of pyridine rings is 1. The summed E-state index contributed by atoms with van der Waals surface area (Å²) in [7, 11) is 0. The number of nitrogen functional groups attached to an aromatic ring is 1. The number of benzene rings is 1. The fourth-order valence-corrected chi connectivity index (χ4v) is 1.91. The highest BCUT2D eigenvalue weighted by molar-refractivity contribution is 5.83. The predicted octanol–water partition coefficient (Wildman–Crippen LogP) is 3.24. The largest absolute Gasteiger partial charge is 0.308 e. The van der Waals surface area contributed by atoms with E-state index in [-0.39, 0.29) is 22.1 Å². The summed E-state index contributed by atoms with van der Waals surface area (Å²) in [5, 5.41) is -0.0668. The summed E-state index contributed by atoms with van der Waals surface area (Å²) in [6, 6.07) is 1.96. The molecule has 0 bridgehead atoms. The molecule has 0 unspecified atom stereocenters. The molecule has 2 aromatic rings. The van der Waals surface area contributed by atoms with E-state index in [1.54, 1.807) is 0 Å². The van der Waals surface area contributed by atoms with E-state index in [1.807, 2.05) is 20.8 Å². The van der Waals surface area contributed by atoms with Crippen LogP contribution in [0.15, 0.2) is 12.1 Å². The Morgan fingerprint density at radius 2 is 1.74 bits per heavy atom. The van der Waals surface area contributed by atoms with Crippen LogP contribution in [0.3, 0.4) is 0 Å². The Morgan fingerprint density at radius 3 is 2.26 bits per heavy atom. The number of nitrogens with zero attached hydrogens (tertiary/aromatic N) is 1. The molecule has 19 heavy (non-hydrogen) atoms. The van der Waals surface area contributed by atoms with Gasteiger partial charge in [-0.3, -0.25) is 0 Å². The van der Waals surface area contributed by atoms with Gasteiger partial charge in [0, 0.05) is 17.0 Å². The minimum atomic E-state index is -1.27. The third kappa shape index (κ3) is 2.23. The van der Waals surface area contributed by atoms with Gasteiger partial charge in [0.05, 0.1) is 0 Å². The third-order valence-electron chi connectivity index (χ3n) is 2.90. The number of nitrogens with one attached hydrogen (secondary N) is 1. The Balaban J connectivity index is 2.90. The average Bonchev–Trinajstić information content (AvgIpc) is 2.33. The van der Waals surface area contributed by atoms with Crippen molar-refractivity contribution in [3.8, 4) is 0 Å². The average molecular weight is 269 g/mol. The number of hydrazine groups is 1. The van der Waals surface area contributed by atoms with E-state index in [0.717, 1.165) is 0 Å². The quantitative estimate of drug-likeness (QED) is 0.474. The molecule has 0 saturated heterocycles. The van der Waals surface area contributed by atoms with Crippen LogP contribution in [0.2, 0.25) is 0 Å². The molecule has 0 fully saturated rings. The summed E-state index contributed by atoms with van der Waals surface area (Å²) in [6.45, 7) is 5.65. The van der Waals surface area contributed by atoms with Gasteiger partial charge in [-0.1, -0.05) is 20.8 Å². The molecule has 1 aromatic heterocycles. The highest BCUT2D eigenvalue weighted by atomic mass is 19.2. The zero-order valence-corrected chi connectivity index (χ0v) is 10.8. The third-order valence-corrected chi connectivity index (χ3v) is 2.90. The Bertz CT molecular complexity index is 648. The normalized spacial score (nSPS) is 11.9. The first kappa shape index (κ1) is 13.6. The summed E-state index contributed by atoms with van der Waals surface area (Å²) in [4.78, 5) is 3.89. The highest BCUT2D eigenvalue weighted by Crippen LogP contribution is 2.33. The number of rotatable bonds is 1. The first-order valence-electron chi connectivity index (χ1n) is 5.71. The molecule has 102 valence electrons. The summed E-state index contributed by atoms with van der Waals surface area (Å²) in [5.41, 5.74) is 2.20. The molecule has 0 amide bonds. The zero-order valence-electron chi connectivity index (χ0n) is 10.8. The smallest absolute Gasteiger partial charge is 0.185 e. The molecule has 0 saturated carbocycles. The van der Waals surface area contributed by atoms with E-state index in [2.05, 4.69) is 10.4 Å². The maximum Gasteiger partial charge on any atom is 0.185 e. The molecular weight excluding hydrogens is 255 g/mol. The molecule has 0 aliphatic carbocycles. The lowest BCUT2D eigenvalue weighted by atomic mass is 9.86. The van der Waals surface area contributed by atoms with E-state index < -0.39 is 17.5 Å². The van der Waals surface area contributed by atoms with E-state index in [9.17, 15) is 13.2 Å². The van der Waals surface area contributed by atoms with E-state index in [0.29, 0.717) is 11.6 Å². The lowest BCUT2D eigenvalue weighted by Gasteiger charge is -2.22. The Morgan fingerprint density at radius 1 is 1.11 bits per heavy atom. The minimum absolute atomic E-state index is 0.0668. The van der Waals surface area contributed by atoms with Crippen LogP contribution >= 0.6 is 0 Å². The van der Waals surface area contributed by atoms with Gasteiger partial charge >= 0.3 is 0 Å². The molecular formula is C13H14F3N3. The molecule has 3 N–H and O–H groups in total. The number of hydrogen-bond donors (Lipinski definition) is 2. The van der Waals surface area contributed by atoms with Crippen molar-refractivity contribution < 1.29 is 13.2 Å². The molecule has 0 spiro atoms. The Hall–Kier alpha value is -1.82. The number of fused-ring (bicyclic) bond motifs is 1. The molecule has 2 rings (SSSR count). The molecule has 0 radical (unpaired) electrons. The van der Waals surface area contributed by atoms with Gasteiger partial charge in [-0.05, 0) is 11.5 Å². The minimum Gasteiger partial charge on any atom is -0.308 e. The zero-order chi connectivity index (χ0) is 14.4. The monoisotopic (exact) mass is 269 g/mol. The number of halogens is 3. The van der Waals surface area contributed by atoms with E-state index >= 15 is 0 Å². The molecule has 1 aromatic carbocycles. The number of aromatic nitrogens is 1. The summed E-state index contributed by atoms with van der Waals surface area (Å²) >= 11 is 0. The Kier molecular flexibility index (Phi) is 3.14. The van der Waals surface area contributed by atoms with Crippen molar-refractivity contribution in [2.24, 2.45) is 5.84 Å². The lowest BCUT2D eigenvalue weighted by Crippen LogP contribution is -2.19. The van der Waals surface area contributed by atoms with Crippen LogP contribution in [-0.4, -0.2) is 4.98 Å². The van der Waals surface area contributed by atoms with E-state index in [4.69, 9.17) is 5.84 Å². The Labute approximate surface area is 108 Å². The number of hydrogen-bond acceptors (Lipinski definition) is 3. The van der Waals surface area contributed by atoms with Crippen molar-refractivity contribution in [3.63, 3.8) is 0 Å². The molecule has 1 heterocycles. The lowest BCUT2D eigenvalue weighted by molar-refractivity contribution is 0.503. The SMILES string of the molecule is CC(C)(C)c1cc2c(F)cc(F)c(F)c2nc1NN. The van der Waals surface area contributed by atoms with Crippen molar-refractivity contribution in [2.75, 3.05) is 5.43 Å². The summed E-state index contributed by atoms with van der Waals surface area (Å²) < 4.78 is 40.6. The molecule has 0 aliphatic heterocycles. The van der Waals surface area contributed by atoms with Crippen LogP contribution < -0.4 is 11.3 Å². The number of anilines is 1. The predicted molar refractivity (Wildman–Crippen MR) is 68.1 cm³/mol. The standard InChI is InChI=1S/C13H14F3N3/c1-13(2,3)7-4-6-8(14)5-9(15)10(16)11(6)18-12(7)19-17/h4-5H,17H2,1-3H3,(H,18,19). The van der Waals surface area contributed by atoms with Gasteiger partial charge in [-0.15, -0.1) is 0 Å². The van der Waals surface area contributed by atoms with Gasteiger partial charge in [0.2, 0.25) is 0 Å². The van der Waals surface area contributed by atoms with Gasteiger partial charge < -0.3 is 5.43 Å². The molecule has 0 atom stereocenters. The van der Waals surface area contributed by atoms with Crippen molar-refractivity contribution in [1.82, 2.24) is 4.98 Å². The first-order chi connectivity index (χ1) is 8.75. The van der Waals surface area contributed by atoms with Crippen molar-refractivity contribution in [3.05, 3.63) is 35.1 Å². The van der Waals surface area contributed by atoms with Crippen LogP contribution in [0.25, 0.3) is 10.9 Å². The first-order valence-corrected chi connectivity index (χ1v) is 5.71. The van der Waals surface area contributed by atoms with Gasteiger partial charge in [0.25, 0.3) is 0 Å². The van der Waals surface area contributed by atoms with Crippen LogP contribution in [0, 0.1) is 17.5 Å². The van der Waals surface area contributed by atoms with Crippen LogP contribution in [0.1, 0.15) is 26.3 Å². The van der Waals surface area contributed by atoms with Gasteiger partial charge in [-0.2, -0.15) is 0 Å².